The number of benzene rings is 2. The second-order valence-corrected chi connectivity index (χ2v) is 8.30. The van der Waals surface area contributed by atoms with E-state index in [1.807, 2.05) is 0 Å². The molecular formula is C16H15Cl3N2O4S. The van der Waals surface area contributed by atoms with E-state index in [4.69, 9.17) is 39.5 Å². The number of carbonyl (C=O) groups is 1. The quantitative estimate of drug-likeness (QED) is 0.672. The van der Waals surface area contributed by atoms with E-state index in [-0.39, 0.29) is 32.3 Å². The van der Waals surface area contributed by atoms with Crippen LogP contribution in [0.4, 0.5) is 5.69 Å². The van der Waals surface area contributed by atoms with Gasteiger partial charge in [-0.15, -0.1) is 0 Å². The minimum atomic E-state index is -3.63. The Morgan fingerprint density at radius 3 is 2.38 bits per heavy atom. The summed E-state index contributed by atoms with van der Waals surface area (Å²) in [5.74, 6) is -0.289. The number of amides is 1. The van der Waals surface area contributed by atoms with E-state index in [0.29, 0.717) is 11.3 Å². The zero-order valence-electron chi connectivity index (χ0n) is 13.8. The summed E-state index contributed by atoms with van der Waals surface area (Å²) in [6, 6.07) is 7.37. The van der Waals surface area contributed by atoms with Gasteiger partial charge >= 0.3 is 0 Å². The largest absolute Gasteiger partial charge is 0.482 e. The Morgan fingerprint density at radius 2 is 1.73 bits per heavy atom. The Hall–Kier alpha value is -1.51. The summed E-state index contributed by atoms with van der Waals surface area (Å²) in [5, 5.41) is 3.29. The van der Waals surface area contributed by atoms with Gasteiger partial charge in [0.2, 0.25) is 10.0 Å². The van der Waals surface area contributed by atoms with Gasteiger partial charge in [-0.05, 0) is 37.7 Å². The molecule has 0 fully saturated rings. The summed E-state index contributed by atoms with van der Waals surface area (Å²) >= 11 is 17.7. The fraction of sp³-hybridized carbons (Fsp3) is 0.188. The van der Waals surface area contributed by atoms with Crippen molar-refractivity contribution in [2.24, 2.45) is 0 Å². The average molecular weight is 438 g/mol. The van der Waals surface area contributed by atoms with E-state index in [1.165, 1.54) is 25.2 Å². The predicted octanol–water partition coefficient (Wildman–Crippen LogP) is 3.88. The summed E-state index contributed by atoms with van der Waals surface area (Å²) in [4.78, 5) is 12.1. The van der Waals surface area contributed by atoms with Crippen molar-refractivity contribution in [3.63, 3.8) is 0 Å². The van der Waals surface area contributed by atoms with E-state index in [0.717, 1.165) is 0 Å². The van der Waals surface area contributed by atoms with Crippen LogP contribution in [0, 0.1) is 6.92 Å². The smallest absolute Gasteiger partial charge is 0.262 e. The first-order valence-corrected chi connectivity index (χ1v) is 9.87. The number of hydrogen-bond donors (Lipinski definition) is 2. The molecule has 0 bridgehead atoms. The van der Waals surface area contributed by atoms with Gasteiger partial charge in [-0.3, -0.25) is 4.79 Å². The van der Waals surface area contributed by atoms with E-state index in [9.17, 15) is 13.2 Å². The third kappa shape index (κ3) is 5.02. The van der Waals surface area contributed by atoms with Gasteiger partial charge < -0.3 is 10.1 Å². The lowest BCUT2D eigenvalue weighted by Gasteiger charge is -2.12. The van der Waals surface area contributed by atoms with E-state index in [2.05, 4.69) is 10.0 Å². The zero-order valence-corrected chi connectivity index (χ0v) is 16.9. The number of nitrogens with one attached hydrogen (secondary N) is 2. The number of carbonyl (C=O) groups excluding carboxylic acids is 1. The lowest BCUT2D eigenvalue weighted by atomic mass is 10.2. The molecule has 0 atom stereocenters. The Morgan fingerprint density at radius 1 is 1.08 bits per heavy atom. The normalized spacial score (nSPS) is 11.3. The summed E-state index contributed by atoms with van der Waals surface area (Å²) in [6.07, 6.45) is 0. The molecule has 0 spiro atoms. The van der Waals surface area contributed by atoms with Gasteiger partial charge in [0.1, 0.15) is 5.75 Å². The van der Waals surface area contributed by atoms with Crippen molar-refractivity contribution in [1.29, 1.82) is 0 Å². The van der Waals surface area contributed by atoms with Crippen molar-refractivity contribution in [2.75, 3.05) is 19.0 Å². The molecule has 1 amide bonds. The highest BCUT2D eigenvalue weighted by Gasteiger charge is 2.16. The maximum Gasteiger partial charge on any atom is 0.262 e. The van der Waals surface area contributed by atoms with E-state index in [1.54, 1.807) is 19.1 Å². The average Bonchev–Trinajstić information content (AvgIpc) is 2.58. The maximum atomic E-state index is 12.1. The molecule has 2 rings (SSSR count). The van der Waals surface area contributed by atoms with Crippen LogP contribution in [0.25, 0.3) is 0 Å². The maximum absolute atomic E-state index is 12.1. The minimum absolute atomic E-state index is 0.0752. The molecule has 140 valence electrons. The van der Waals surface area contributed by atoms with Gasteiger partial charge in [-0.25, -0.2) is 13.1 Å². The van der Waals surface area contributed by atoms with Crippen molar-refractivity contribution in [2.45, 2.75) is 11.8 Å². The summed E-state index contributed by atoms with van der Waals surface area (Å²) in [7, 11) is -2.32. The number of hydrogen-bond acceptors (Lipinski definition) is 4. The number of rotatable bonds is 6. The zero-order chi connectivity index (χ0) is 19.5. The fourth-order valence-electron chi connectivity index (χ4n) is 2.03. The number of anilines is 1. The molecule has 2 N–H and O–H groups in total. The minimum Gasteiger partial charge on any atom is -0.482 e. The highest BCUT2D eigenvalue weighted by atomic mass is 35.5. The molecule has 0 aromatic heterocycles. The molecular weight excluding hydrogens is 423 g/mol. The molecule has 10 heteroatoms. The van der Waals surface area contributed by atoms with Crippen molar-refractivity contribution in [3.8, 4) is 5.75 Å². The van der Waals surface area contributed by atoms with Crippen LogP contribution in [0.1, 0.15) is 5.56 Å². The lowest BCUT2D eigenvalue weighted by Crippen LogP contribution is -2.22. The van der Waals surface area contributed by atoms with Crippen LogP contribution in [0.2, 0.25) is 15.1 Å². The van der Waals surface area contributed by atoms with Crippen molar-refractivity contribution in [1.82, 2.24) is 4.72 Å². The summed E-state index contributed by atoms with van der Waals surface area (Å²) in [6.45, 7) is 1.31. The Bertz CT molecular complexity index is 949. The highest BCUT2D eigenvalue weighted by Crippen LogP contribution is 2.33. The van der Waals surface area contributed by atoms with Crippen LogP contribution in [0.15, 0.2) is 35.2 Å². The lowest BCUT2D eigenvalue weighted by molar-refractivity contribution is -0.118. The second kappa shape index (κ2) is 8.45. The molecule has 26 heavy (non-hydrogen) atoms. The van der Waals surface area contributed by atoms with Crippen molar-refractivity contribution < 1.29 is 17.9 Å². The third-order valence-corrected chi connectivity index (χ3v) is 5.94. The third-order valence-electron chi connectivity index (χ3n) is 3.36. The topological polar surface area (TPSA) is 84.5 Å². The van der Waals surface area contributed by atoms with Crippen LogP contribution in [-0.2, 0) is 14.8 Å². The number of ether oxygens (including phenoxy) is 1. The van der Waals surface area contributed by atoms with Crippen LogP contribution in [0.3, 0.4) is 0 Å². The molecule has 2 aromatic rings. The summed E-state index contributed by atoms with van der Waals surface area (Å²) < 4.78 is 31.5. The first-order chi connectivity index (χ1) is 12.1. The molecule has 6 nitrogen and oxygen atoms in total. The first-order valence-electron chi connectivity index (χ1n) is 7.25. The molecule has 0 unspecified atom stereocenters. The van der Waals surface area contributed by atoms with Crippen LogP contribution < -0.4 is 14.8 Å². The van der Waals surface area contributed by atoms with Crippen molar-refractivity contribution in [3.05, 3.63) is 51.0 Å². The predicted molar refractivity (Wildman–Crippen MR) is 103 cm³/mol. The molecule has 0 saturated carbocycles. The molecule has 0 aliphatic heterocycles. The van der Waals surface area contributed by atoms with Crippen LogP contribution >= 0.6 is 34.8 Å². The first kappa shape index (κ1) is 20.8. The molecule has 0 saturated heterocycles. The van der Waals surface area contributed by atoms with Gasteiger partial charge in [0.25, 0.3) is 5.91 Å². The van der Waals surface area contributed by atoms with Gasteiger partial charge in [-0.1, -0.05) is 40.9 Å². The monoisotopic (exact) mass is 436 g/mol. The van der Waals surface area contributed by atoms with Gasteiger partial charge in [-0.2, -0.15) is 0 Å². The Kier molecular flexibility index (Phi) is 6.76. The Balaban J connectivity index is 2.09. The molecule has 0 radical (unpaired) electrons. The highest BCUT2D eigenvalue weighted by molar-refractivity contribution is 7.89. The van der Waals surface area contributed by atoms with E-state index < -0.39 is 15.9 Å². The standard InChI is InChI=1S/C16H15Cl3N2O4S/c1-9-3-4-10(5-15(9)26(23,24)20-2)21-16(22)8-25-14-7-12(18)11(17)6-13(14)19/h3-7,20H,8H2,1-2H3,(H,21,22). The molecule has 2 aromatic carbocycles. The second-order valence-electron chi connectivity index (χ2n) is 5.22. The number of halogens is 3. The number of aryl methyl sites for hydroxylation is 1. The molecule has 0 aliphatic rings. The summed E-state index contributed by atoms with van der Waals surface area (Å²) in [5.41, 5.74) is 0.870. The Labute approximate surface area is 166 Å². The number of sulfonamides is 1. The van der Waals surface area contributed by atoms with E-state index >= 15 is 0 Å². The van der Waals surface area contributed by atoms with Crippen LogP contribution in [0.5, 0.6) is 5.75 Å². The van der Waals surface area contributed by atoms with Crippen molar-refractivity contribution >= 4 is 56.4 Å². The molecule has 0 aliphatic carbocycles. The van der Waals surface area contributed by atoms with Crippen LogP contribution in [-0.4, -0.2) is 28.0 Å². The SMILES string of the molecule is CNS(=O)(=O)c1cc(NC(=O)COc2cc(Cl)c(Cl)cc2Cl)ccc1C. The van der Waals surface area contributed by atoms with Gasteiger partial charge in [0, 0.05) is 11.8 Å². The van der Waals surface area contributed by atoms with Gasteiger partial charge in [0.15, 0.2) is 6.61 Å². The van der Waals surface area contributed by atoms with Gasteiger partial charge in [0.05, 0.1) is 20.0 Å². The fourth-order valence-corrected chi connectivity index (χ4v) is 3.62. The molecule has 0 heterocycles.